The van der Waals surface area contributed by atoms with E-state index in [2.05, 4.69) is 23.1 Å². The number of ether oxygens (including phenoxy) is 3. The lowest BCUT2D eigenvalue weighted by molar-refractivity contribution is -0.154. The number of esters is 1. The van der Waals surface area contributed by atoms with Gasteiger partial charge in [-0.05, 0) is 18.9 Å². The molecule has 0 spiro atoms. The topological polar surface area (TPSA) is 248 Å². The summed E-state index contributed by atoms with van der Waals surface area (Å²) >= 11 is 0. The van der Waals surface area contributed by atoms with Crippen LogP contribution in [0.1, 0.15) is 174 Å². The smallest absolute Gasteiger partial charge is 0.457 e. The zero-order chi connectivity index (χ0) is 43.4. The molecule has 0 bridgehead atoms. The number of phosphoric ester groups is 2. The number of aromatic nitrogens is 2. The first-order chi connectivity index (χ1) is 28.3. The predicted octanol–water partition coefficient (Wildman–Crippen LogP) is 8.03. The molecule has 0 radical (unpaired) electrons. The van der Waals surface area contributed by atoms with E-state index in [-0.39, 0.29) is 18.8 Å². The zero-order valence-electron chi connectivity index (χ0n) is 35.6. The molecule has 2 rings (SSSR count). The van der Waals surface area contributed by atoms with Gasteiger partial charge in [-0.25, -0.2) is 13.9 Å². The number of hydrogen-bond donors (Lipinski definition) is 5. The van der Waals surface area contributed by atoms with Crippen molar-refractivity contribution >= 4 is 27.4 Å². The molecular formula is C40H75N3O14P2. The summed E-state index contributed by atoms with van der Waals surface area (Å²) in [6.45, 7) is 3.09. The van der Waals surface area contributed by atoms with E-state index in [0.717, 1.165) is 49.5 Å². The number of carbonyl (C=O) groups is 1. The highest BCUT2D eigenvalue weighted by atomic mass is 31.3. The quantitative estimate of drug-likeness (QED) is 0.0241. The molecule has 7 atom stereocenters. The standard InChI is InChI=1S/C40H75N3O14P2/c1-3-5-7-9-11-13-15-17-19-21-23-25-29-52-30-33(55-36(44)26-24-22-20-18-16-14-12-10-8-6-4-2)31-53-58(48,49)57-59(50,51)54-32-34-37(45)38(46)39(56-34)43-28-27-35(41)42-40(43)47/h27-28,33-34,37-39,45-46H,3-26,29-32H2,1-2H3,(H,48,49)(H,50,51)(H2,41,42,47)/t33?,34-,37-,38+,39?/m1/s1. The van der Waals surface area contributed by atoms with Crippen molar-refractivity contribution in [3.8, 4) is 0 Å². The number of nitrogens with zero attached hydrogens (tertiary/aromatic N) is 2. The molecular weight excluding hydrogens is 808 g/mol. The highest BCUT2D eigenvalue weighted by Crippen LogP contribution is 2.60. The van der Waals surface area contributed by atoms with Gasteiger partial charge in [0.25, 0.3) is 0 Å². The lowest BCUT2D eigenvalue weighted by Crippen LogP contribution is -2.36. The minimum atomic E-state index is -5.34. The van der Waals surface area contributed by atoms with Gasteiger partial charge >= 0.3 is 27.3 Å². The number of anilines is 1. The van der Waals surface area contributed by atoms with Gasteiger partial charge < -0.3 is 39.9 Å². The Bertz CT molecular complexity index is 1420. The molecule has 0 aromatic carbocycles. The van der Waals surface area contributed by atoms with Gasteiger partial charge in [0.1, 0.15) is 30.2 Å². The molecule has 59 heavy (non-hydrogen) atoms. The Morgan fingerprint density at radius 2 is 1.25 bits per heavy atom. The first-order valence-electron chi connectivity index (χ1n) is 22.1. The maximum atomic E-state index is 12.8. The van der Waals surface area contributed by atoms with Crippen LogP contribution in [0, 0.1) is 0 Å². The van der Waals surface area contributed by atoms with Gasteiger partial charge in [0, 0.05) is 19.2 Å². The van der Waals surface area contributed by atoms with Gasteiger partial charge in [0.15, 0.2) is 6.23 Å². The lowest BCUT2D eigenvalue weighted by atomic mass is 10.1. The fourth-order valence-electron chi connectivity index (χ4n) is 6.79. The molecule has 1 aromatic heterocycles. The summed E-state index contributed by atoms with van der Waals surface area (Å²) in [5, 5.41) is 20.8. The van der Waals surface area contributed by atoms with Crippen LogP contribution in [0.2, 0.25) is 0 Å². The van der Waals surface area contributed by atoms with E-state index >= 15 is 0 Å². The largest absolute Gasteiger partial charge is 0.481 e. The maximum absolute atomic E-state index is 12.8. The van der Waals surface area contributed by atoms with Crippen LogP contribution in [-0.4, -0.2) is 86.4 Å². The molecule has 1 fully saturated rings. The summed E-state index contributed by atoms with van der Waals surface area (Å²) in [5.74, 6) is -0.611. The van der Waals surface area contributed by atoms with Crippen molar-refractivity contribution in [2.45, 2.75) is 199 Å². The van der Waals surface area contributed by atoms with E-state index in [4.69, 9.17) is 29.0 Å². The van der Waals surface area contributed by atoms with Gasteiger partial charge in [0.2, 0.25) is 0 Å². The Kier molecular flexibility index (Phi) is 28.2. The summed E-state index contributed by atoms with van der Waals surface area (Å²) in [6, 6.07) is 1.26. The van der Waals surface area contributed by atoms with Gasteiger partial charge in [-0.2, -0.15) is 9.29 Å². The second-order valence-corrected chi connectivity index (χ2v) is 18.6. The van der Waals surface area contributed by atoms with Gasteiger partial charge in [-0.15, -0.1) is 0 Å². The Hall–Kier alpha value is -1.75. The Balaban J connectivity index is 1.81. The van der Waals surface area contributed by atoms with Crippen LogP contribution in [0.15, 0.2) is 17.1 Å². The molecule has 0 amide bonds. The van der Waals surface area contributed by atoms with E-state index in [0.29, 0.717) is 13.0 Å². The van der Waals surface area contributed by atoms with E-state index in [1.54, 1.807) is 0 Å². The minimum absolute atomic E-state index is 0.0837. The number of carbonyl (C=O) groups excluding carboxylic acids is 1. The molecule has 1 aliphatic heterocycles. The van der Waals surface area contributed by atoms with E-state index in [1.807, 2.05) is 0 Å². The monoisotopic (exact) mass is 883 g/mol. The van der Waals surface area contributed by atoms with Gasteiger partial charge in [0.05, 0.1) is 19.8 Å². The number of aliphatic hydroxyl groups is 2. The molecule has 19 heteroatoms. The van der Waals surface area contributed by atoms with Crippen LogP contribution in [-0.2, 0) is 41.5 Å². The summed E-state index contributed by atoms with van der Waals surface area (Å²) in [7, 11) is -10.6. The number of rotatable bonds is 37. The SMILES string of the molecule is CCCCCCCCCCCCCCOCC(COP(=O)(O)OP(=O)(O)OC[C@H]1OC(n2ccc(N)nc2=O)[C@@H](O)[C@@H]1O)OC(=O)CCCCCCCCCCCCC. The van der Waals surface area contributed by atoms with Crippen LogP contribution in [0.25, 0.3) is 0 Å². The molecule has 1 aliphatic rings. The average Bonchev–Trinajstić information content (AvgIpc) is 3.46. The molecule has 17 nitrogen and oxygen atoms in total. The third-order valence-electron chi connectivity index (χ3n) is 10.2. The molecule has 0 aliphatic carbocycles. The first-order valence-corrected chi connectivity index (χ1v) is 25.1. The van der Waals surface area contributed by atoms with Crippen LogP contribution < -0.4 is 11.4 Å². The number of hydrogen-bond acceptors (Lipinski definition) is 14. The Morgan fingerprint density at radius 1 is 0.763 bits per heavy atom. The summed E-state index contributed by atoms with van der Waals surface area (Å²) in [4.78, 5) is 49.0. The predicted molar refractivity (Wildman–Crippen MR) is 224 cm³/mol. The highest BCUT2D eigenvalue weighted by Gasteiger charge is 2.46. The van der Waals surface area contributed by atoms with Crippen molar-refractivity contribution in [3.63, 3.8) is 0 Å². The third-order valence-corrected chi connectivity index (χ3v) is 12.8. The molecule has 2 heterocycles. The van der Waals surface area contributed by atoms with Crippen molar-refractivity contribution in [1.82, 2.24) is 9.55 Å². The molecule has 4 unspecified atom stereocenters. The van der Waals surface area contributed by atoms with Crippen molar-refractivity contribution in [1.29, 1.82) is 0 Å². The van der Waals surface area contributed by atoms with Crippen molar-refractivity contribution in [3.05, 3.63) is 22.7 Å². The number of phosphoric acid groups is 2. The first kappa shape index (κ1) is 53.4. The average molecular weight is 884 g/mol. The number of aliphatic hydroxyl groups excluding tert-OH is 2. The molecule has 1 saturated heterocycles. The summed E-state index contributed by atoms with van der Waals surface area (Å²) < 4.78 is 57.2. The number of nitrogen functional groups attached to an aromatic ring is 1. The zero-order valence-corrected chi connectivity index (χ0v) is 37.4. The van der Waals surface area contributed by atoms with Crippen LogP contribution >= 0.6 is 15.6 Å². The van der Waals surface area contributed by atoms with Crippen LogP contribution in [0.4, 0.5) is 5.82 Å². The number of unbranched alkanes of at least 4 members (excludes halogenated alkanes) is 21. The Labute approximate surface area is 351 Å². The minimum Gasteiger partial charge on any atom is -0.457 e. The second kappa shape index (κ2) is 31.1. The normalized spacial score (nSPS) is 20.6. The van der Waals surface area contributed by atoms with E-state index in [1.165, 1.54) is 109 Å². The fourth-order valence-corrected chi connectivity index (χ4v) is 8.90. The molecule has 344 valence electrons. The fraction of sp³-hybridized carbons (Fsp3) is 0.875. The maximum Gasteiger partial charge on any atom is 0.481 e. The second-order valence-electron chi connectivity index (χ2n) is 15.6. The van der Waals surface area contributed by atoms with E-state index < -0.39 is 71.2 Å². The summed E-state index contributed by atoms with van der Waals surface area (Å²) in [5.41, 5.74) is 4.60. The van der Waals surface area contributed by atoms with Gasteiger partial charge in [-0.1, -0.05) is 149 Å². The van der Waals surface area contributed by atoms with Crippen molar-refractivity contribution < 1.29 is 61.5 Å². The van der Waals surface area contributed by atoms with Crippen LogP contribution in [0.5, 0.6) is 0 Å². The Morgan fingerprint density at radius 3 is 1.78 bits per heavy atom. The molecule has 0 saturated carbocycles. The van der Waals surface area contributed by atoms with Gasteiger partial charge in [-0.3, -0.25) is 18.4 Å². The lowest BCUT2D eigenvalue weighted by Gasteiger charge is -2.21. The third kappa shape index (κ3) is 24.5. The van der Waals surface area contributed by atoms with E-state index in [9.17, 15) is 38.7 Å². The number of nitrogens with two attached hydrogens (primary N) is 1. The summed E-state index contributed by atoms with van der Waals surface area (Å²) in [6.07, 6.45) is 20.6. The highest BCUT2D eigenvalue weighted by molar-refractivity contribution is 7.61. The van der Waals surface area contributed by atoms with Crippen molar-refractivity contribution in [2.24, 2.45) is 0 Å². The van der Waals surface area contributed by atoms with Crippen molar-refractivity contribution in [2.75, 3.05) is 32.2 Å². The van der Waals surface area contributed by atoms with Crippen LogP contribution in [0.3, 0.4) is 0 Å². The molecule has 6 N–H and O–H groups in total. The molecule has 1 aromatic rings.